The fourth-order valence-corrected chi connectivity index (χ4v) is 2.39. The Kier molecular flexibility index (Phi) is 9.08. The molecule has 3 aromatic rings. The van der Waals surface area contributed by atoms with Gasteiger partial charge in [-0.05, 0) is 44.3 Å². The van der Waals surface area contributed by atoms with E-state index in [0.29, 0.717) is 24.5 Å². The van der Waals surface area contributed by atoms with Crippen molar-refractivity contribution < 1.29 is 9.53 Å². The predicted molar refractivity (Wildman–Crippen MR) is 111 cm³/mol. The Morgan fingerprint density at radius 3 is 2.78 bits per heavy atom. The standard InChI is InChI=1S/C19H22N4O2.2ClH/c1-14(20-2)11-21-19(24)15-6-5-7-17(10-15)25-13-16-12-23-9-4-3-8-18(23)22-16;;/h3-10,12,14,20H,11,13H2,1-2H3,(H,21,24);2*1H. The molecule has 0 radical (unpaired) electrons. The largest absolute Gasteiger partial charge is 0.487 e. The van der Waals surface area contributed by atoms with Crippen LogP contribution in [-0.2, 0) is 6.61 Å². The summed E-state index contributed by atoms with van der Waals surface area (Å²) in [7, 11) is 1.87. The Morgan fingerprint density at radius 1 is 1.22 bits per heavy atom. The molecule has 0 aliphatic carbocycles. The number of amides is 1. The average molecular weight is 411 g/mol. The molecule has 8 heteroatoms. The first-order chi connectivity index (χ1) is 12.2. The van der Waals surface area contributed by atoms with Crippen LogP contribution in [0.2, 0.25) is 0 Å². The lowest BCUT2D eigenvalue weighted by Gasteiger charge is -2.12. The number of nitrogens with one attached hydrogen (secondary N) is 2. The highest BCUT2D eigenvalue weighted by Gasteiger charge is 2.08. The molecule has 1 amide bonds. The Hall–Kier alpha value is -2.28. The lowest BCUT2D eigenvalue weighted by molar-refractivity contribution is 0.0950. The van der Waals surface area contributed by atoms with Gasteiger partial charge in [0.1, 0.15) is 18.0 Å². The smallest absolute Gasteiger partial charge is 0.251 e. The van der Waals surface area contributed by atoms with Crippen LogP contribution < -0.4 is 15.4 Å². The molecule has 1 atom stereocenters. The summed E-state index contributed by atoms with van der Waals surface area (Å²) in [5, 5.41) is 5.98. The molecular weight excluding hydrogens is 387 g/mol. The Bertz CT molecular complexity index is 837. The number of carbonyl (C=O) groups is 1. The molecule has 3 rings (SSSR count). The summed E-state index contributed by atoms with van der Waals surface area (Å²) in [6, 6.07) is 13.2. The van der Waals surface area contributed by atoms with E-state index in [4.69, 9.17) is 4.74 Å². The van der Waals surface area contributed by atoms with Gasteiger partial charge in [-0.15, -0.1) is 24.8 Å². The highest BCUT2D eigenvalue weighted by Crippen LogP contribution is 2.15. The quantitative estimate of drug-likeness (QED) is 0.627. The van der Waals surface area contributed by atoms with Crippen LogP contribution in [0.15, 0.2) is 54.9 Å². The first kappa shape index (κ1) is 22.8. The van der Waals surface area contributed by atoms with Gasteiger partial charge in [-0.3, -0.25) is 4.79 Å². The van der Waals surface area contributed by atoms with Gasteiger partial charge in [-0.1, -0.05) is 12.1 Å². The van der Waals surface area contributed by atoms with E-state index >= 15 is 0 Å². The Labute approximate surface area is 171 Å². The molecule has 0 bridgehead atoms. The fourth-order valence-electron chi connectivity index (χ4n) is 2.39. The van der Waals surface area contributed by atoms with Crippen molar-refractivity contribution in [3.8, 4) is 5.75 Å². The molecule has 2 aromatic heterocycles. The van der Waals surface area contributed by atoms with Crippen molar-refractivity contribution in [3.05, 3.63) is 66.1 Å². The molecule has 0 spiro atoms. The van der Waals surface area contributed by atoms with Crippen LogP contribution in [-0.4, -0.2) is 34.9 Å². The molecule has 2 heterocycles. The minimum absolute atomic E-state index is 0. The minimum atomic E-state index is -0.111. The van der Waals surface area contributed by atoms with Gasteiger partial charge in [0.2, 0.25) is 0 Å². The number of ether oxygens (including phenoxy) is 1. The summed E-state index contributed by atoms with van der Waals surface area (Å²) in [6.45, 7) is 2.93. The lowest BCUT2D eigenvalue weighted by atomic mass is 10.2. The van der Waals surface area contributed by atoms with Crippen LogP contribution in [0.4, 0.5) is 0 Å². The number of aromatic nitrogens is 2. The monoisotopic (exact) mass is 410 g/mol. The number of pyridine rings is 1. The lowest BCUT2D eigenvalue weighted by Crippen LogP contribution is -2.37. The number of nitrogens with zero attached hydrogens (tertiary/aromatic N) is 2. The fraction of sp³-hybridized carbons (Fsp3) is 0.263. The molecule has 0 fully saturated rings. The third-order valence-electron chi connectivity index (χ3n) is 3.96. The maximum atomic E-state index is 12.2. The molecule has 0 saturated carbocycles. The summed E-state index contributed by atoms with van der Waals surface area (Å²) < 4.78 is 7.74. The van der Waals surface area contributed by atoms with E-state index in [-0.39, 0.29) is 36.8 Å². The third-order valence-corrected chi connectivity index (χ3v) is 3.96. The average Bonchev–Trinajstić information content (AvgIpc) is 3.07. The molecule has 1 aromatic carbocycles. The zero-order valence-electron chi connectivity index (χ0n) is 15.2. The van der Waals surface area contributed by atoms with E-state index in [1.165, 1.54) is 0 Å². The topological polar surface area (TPSA) is 67.7 Å². The summed E-state index contributed by atoms with van der Waals surface area (Å²) in [4.78, 5) is 16.7. The highest BCUT2D eigenvalue weighted by atomic mass is 35.5. The van der Waals surface area contributed by atoms with Crippen molar-refractivity contribution in [2.45, 2.75) is 19.6 Å². The molecule has 2 N–H and O–H groups in total. The first-order valence-electron chi connectivity index (χ1n) is 8.26. The SMILES string of the molecule is CNC(C)CNC(=O)c1cccc(OCc2cn3ccccc3n2)c1.Cl.Cl. The number of hydrogen-bond donors (Lipinski definition) is 2. The summed E-state index contributed by atoms with van der Waals surface area (Å²) in [6.07, 6.45) is 3.88. The third kappa shape index (κ3) is 6.13. The van der Waals surface area contributed by atoms with E-state index in [1.807, 2.05) is 61.1 Å². The van der Waals surface area contributed by atoms with Gasteiger partial charge in [0.25, 0.3) is 5.91 Å². The molecule has 0 aliphatic heterocycles. The molecule has 1 unspecified atom stereocenters. The van der Waals surface area contributed by atoms with Crippen LogP contribution in [0.5, 0.6) is 5.75 Å². The van der Waals surface area contributed by atoms with Gasteiger partial charge in [0.05, 0.1) is 5.69 Å². The molecular formula is C19H24Cl2N4O2. The second-order valence-electron chi connectivity index (χ2n) is 5.91. The second-order valence-corrected chi connectivity index (χ2v) is 5.91. The summed E-state index contributed by atoms with van der Waals surface area (Å²) >= 11 is 0. The van der Waals surface area contributed by atoms with Crippen molar-refractivity contribution in [3.63, 3.8) is 0 Å². The normalized spacial score (nSPS) is 11.2. The maximum Gasteiger partial charge on any atom is 0.251 e. The molecule has 0 saturated heterocycles. The number of rotatable bonds is 7. The van der Waals surface area contributed by atoms with Crippen LogP contribution in [0.25, 0.3) is 5.65 Å². The van der Waals surface area contributed by atoms with Gasteiger partial charge >= 0.3 is 0 Å². The molecule has 27 heavy (non-hydrogen) atoms. The number of halogens is 2. The zero-order chi connectivity index (χ0) is 17.6. The van der Waals surface area contributed by atoms with Crippen molar-refractivity contribution >= 4 is 36.4 Å². The number of likely N-dealkylation sites (N-methyl/N-ethyl adjacent to an activating group) is 1. The van der Waals surface area contributed by atoms with Crippen LogP contribution in [0.1, 0.15) is 23.0 Å². The van der Waals surface area contributed by atoms with Crippen molar-refractivity contribution in [1.29, 1.82) is 0 Å². The number of fused-ring (bicyclic) bond motifs is 1. The Balaban J connectivity index is 0.00000182. The minimum Gasteiger partial charge on any atom is -0.487 e. The van der Waals surface area contributed by atoms with E-state index < -0.39 is 0 Å². The van der Waals surface area contributed by atoms with Gasteiger partial charge in [-0.25, -0.2) is 4.98 Å². The van der Waals surface area contributed by atoms with Crippen LogP contribution in [0.3, 0.4) is 0 Å². The number of imidazole rings is 1. The van der Waals surface area contributed by atoms with E-state index in [1.54, 1.807) is 12.1 Å². The highest BCUT2D eigenvalue weighted by molar-refractivity contribution is 5.94. The van der Waals surface area contributed by atoms with Crippen molar-refractivity contribution in [2.24, 2.45) is 0 Å². The van der Waals surface area contributed by atoms with Gasteiger partial charge in [0.15, 0.2) is 0 Å². The maximum absolute atomic E-state index is 12.2. The van der Waals surface area contributed by atoms with Gasteiger partial charge in [0, 0.05) is 30.5 Å². The number of carbonyl (C=O) groups excluding carboxylic acids is 1. The van der Waals surface area contributed by atoms with Gasteiger partial charge < -0.3 is 19.8 Å². The van der Waals surface area contributed by atoms with E-state index in [2.05, 4.69) is 15.6 Å². The van der Waals surface area contributed by atoms with Crippen LogP contribution >= 0.6 is 24.8 Å². The zero-order valence-corrected chi connectivity index (χ0v) is 16.8. The summed E-state index contributed by atoms with van der Waals surface area (Å²) in [5.41, 5.74) is 2.30. The molecule has 146 valence electrons. The van der Waals surface area contributed by atoms with Gasteiger partial charge in [-0.2, -0.15) is 0 Å². The predicted octanol–water partition coefficient (Wildman–Crippen LogP) is 3.09. The first-order valence-corrected chi connectivity index (χ1v) is 8.26. The molecule has 6 nitrogen and oxygen atoms in total. The summed E-state index contributed by atoms with van der Waals surface area (Å²) in [5.74, 6) is 0.534. The second kappa shape index (κ2) is 10.8. The van der Waals surface area contributed by atoms with Crippen LogP contribution in [0, 0.1) is 0 Å². The Morgan fingerprint density at radius 2 is 2.04 bits per heavy atom. The number of benzene rings is 1. The van der Waals surface area contributed by atoms with E-state index in [0.717, 1.165) is 11.3 Å². The number of hydrogen-bond acceptors (Lipinski definition) is 4. The van der Waals surface area contributed by atoms with Crippen molar-refractivity contribution in [1.82, 2.24) is 20.0 Å². The van der Waals surface area contributed by atoms with E-state index in [9.17, 15) is 4.79 Å². The van der Waals surface area contributed by atoms with Crippen molar-refractivity contribution in [2.75, 3.05) is 13.6 Å². The molecule has 0 aliphatic rings.